The first kappa shape index (κ1) is 21.1. The molecule has 0 fully saturated rings. The Morgan fingerprint density at radius 3 is 2.37 bits per heavy atom. The van der Waals surface area contributed by atoms with E-state index in [-0.39, 0.29) is 18.4 Å². The number of amides is 2. The summed E-state index contributed by atoms with van der Waals surface area (Å²) in [6.45, 7) is 6.70. The molecule has 7 nitrogen and oxygen atoms in total. The Hall–Kier alpha value is -3.61. The zero-order valence-electron chi connectivity index (χ0n) is 17.5. The van der Waals surface area contributed by atoms with E-state index in [1.807, 2.05) is 75.4 Å². The number of carbonyl (C=O) groups is 2. The Morgan fingerprint density at radius 1 is 1.03 bits per heavy atom. The quantitative estimate of drug-likeness (QED) is 0.619. The Labute approximate surface area is 176 Å². The van der Waals surface area contributed by atoms with Gasteiger partial charge in [-0.3, -0.25) is 9.59 Å². The SMILES string of the molecule is CCN(CC)C(=O)c1cnn(-c2ccccc2)c1NC(=O)COc1ccccc1C. The molecule has 3 rings (SSSR count). The van der Waals surface area contributed by atoms with Crippen LogP contribution in [0, 0.1) is 6.92 Å². The first-order valence-electron chi connectivity index (χ1n) is 9.96. The normalized spacial score (nSPS) is 10.5. The maximum atomic E-state index is 13.0. The van der Waals surface area contributed by atoms with Gasteiger partial charge in [0.15, 0.2) is 6.61 Å². The fourth-order valence-corrected chi connectivity index (χ4v) is 3.10. The van der Waals surface area contributed by atoms with Crippen LogP contribution < -0.4 is 10.1 Å². The van der Waals surface area contributed by atoms with Crippen LogP contribution in [0.4, 0.5) is 5.82 Å². The molecule has 1 heterocycles. The third-order valence-electron chi connectivity index (χ3n) is 4.76. The van der Waals surface area contributed by atoms with Crippen molar-refractivity contribution < 1.29 is 14.3 Å². The van der Waals surface area contributed by atoms with Gasteiger partial charge in [0.25, 0.3) is 11.8 Å². The zero-order valence-corrected chi connectivity index (χ0v) is 17.5. The number of anilines is 1. The summed E-state index contributed by atoms with van der Waals surface area (Å²) >= 11 is 0. The van der Waals surface area contributed by atoms with Crippen LogP contribution in [-0.2, 0) is 4.79 Å². The van der Waals surface area contributed by atoms with Crippen molar-refractivity contribution in [2.24, 2.45) is 0 Å². The number of aromatic nitrogens is 2. The van der Waals surface area contributed by atoms with Crippen LogP contribution in [0.15, 0.2) is 60.8 Å². The average molecular weight is 406 g/mol. The van der Waals surface area contributed by atoms with Crippen LogP contribution in [0.2, 0.25) is 0 Å². The monoisotopic (exact) mass is 406 g/mol. The second-order valence-electron chi connectivity index (χ2n) is 6.73. The molecule has 2 aromatic carbocycles. The largest absolute Gasteiger partial charge is 0.483 e. The average Bonchev–Trinajstić information content (AvgIpc) is 3.18. The van der Waals surface area contributed by atoms with E-state index in [0.717, 1.165) is 11.3 Å². The predicted molar refractivity (Wildman–Crippen MR) is 116 cm³/mol. The molecular formula is C23H26N4O3. The minimum absolute atomic E-state index is 0.177. The van der Waals surface area contributed by atoms with Gasteiger partial charge in [0.05, 0.1) is 11.9 Å². The van der Waals surface area contributed by atoms with Crippen molar-refractivity contribution in [2.75, 3.05) is 25.0 Å². The van der Waals surface area contributed by atoms with E-state index in [9.17, 15) is 9.59 Å². The Balaban J connectivity index is 1.87. The lowest BCUT2D eigenvalue weighted by atomic mass is 10.2. The van der Waals surface area contributed by atoms with Crippen molar-refractivity contribution in [1.82, 2.24) is 14.7 Å². The highest BCUT2D eigenvalue weighted by molar-refractivity contribution is 6.03. The number of nitrogens with zero attached hydrogens (tertiary/aromatic N) is 3. The molecule has 0 unspecified atom stereocenters. The predicted octanol–water partition coefficient (Wildman–Crippen LogP) is 3.68. The highest BCUT2D eigenvalue weighted by Crippen LogP contribution is 2.22. The molecule has 3 aromatic rings. The molecular weight excluding hydrogens is 380 g/mol. The number of carbonyl (C=O) groups excluding carboxylic acids is 2. The fourth-order valence-electron chi connectivity index (χ4n) is 3.10. The number of benzene rings is 2. The number of ether oxygens (including phenoxy) is 1. The van der Waals surface area contributed by atoms with Crippen molar-refractivity contribution in [3.63, 3.8) is 0 Å². The van der Waals surface area contributed by atoms with Crippen molar-refractivity contribution >= 4 is 17.6 Å². The van der Waals surface area contributed by atoms with E-state index in [1.54, 1.807) is 9.58 Å². The molecule has 1 aromatic heterocycles. The van der Waals surface area contributed by atoms with Crippen LogP contribution in [0.25, 0.3) is 5.69 Å². The minimum Gasteiger partial charge on any atom is -0.483 e. The van der Waals surface area contributed by atoms with Gasteiger partial charge in [-0.05, 0) is 44.5 Å². The van der Waals surface area contributed by atoms with Gasteiger partial charge in [-0.25, -0.2) is 4.68 Å². The van der Waals surface area contributed by atoms with E-state index in [4.69, 9.17) is 4.74 Å². The van der Waals surface area contributed by atoms with Crippen LogP contribution >= 0.6 is 0 Å². The molecule has 156 valence electrons. The van der Waals surface area contributed by atoms with Gasteiger partial charge >= 0.3 is 0 Å². The second kappa shape index (κ2) is 9.73. The fraction of sp³-hybridized carbons (Fsp3) is 0.261. The van der Waals surface area contributed by atoms with Crippen molar-refractivity contribution in [2.45, 2.75) is 20.8 Å². The van der Waals surface area contributed by atoms with Crippen molar-refractivity contribution in [3.05, 3.63) is 71.9 Å². The summed E-state index contributed by atoms with van der Waals surface area (Å²) in [5.41, 5.74) is 2.02. The summed E-state index contributed by atoms with van der Waals surface area (Å²) in [4.78, 5) is 27.3. The lowest BCUT2D eigenvalue weighted by Gasteiger charge is -2.19. The molecule has 0 aliphatic heterocycles. The highest BCUT2D eigenvalue weighted by Gasteiger charge is 2.23. The molecule has 1 N–H and O–H groups in total. The molecule has 0 saturated heterocycles. The summed E-state index contributed by atoms with van der Waals surface area (Å²) in [5.74, 6) is 0.418. The Kier molecular flexibility index (Phi) is 6.85. The molecule has 0 saturated carbocycles. The third kappa shape index (κ3) is 4.68. The van der Waals surface area contributed by atoms with E-state index in [1.165, 1.54) is 6.20 Å². The van der Waals surface area contributed by atoms with E-state index < -0.39 is 0 Å². The molecule has 0 radical (unpaired) electrons. The first-order valence-corrected chi connectivity index (χ1v) is 9.96. The smallest absolute Gasteiger partial charge is 0.263 e. The van der Waals surface area contributed by atoms with Crippen LogP contribution in [-0.4, -0.2) is 46.2 Å². The first-order chi connectivity index (χ1) is 14.5. The third-order valence-corrected chi connectivity index (χ3v) is 4.76. The van der Waals surface area contributed by atoms with Gasteiger partial charge in [-0.15, -0.1) is 0 Å². The number of hydrogen-bond acceptors (Lipinski definition) is 4. The van der Waals surface area contributed by atoms with Gasteiger partial charge in [0.2, 0.25) is 0 Å². The van der Waals surface area contributed by atoms with Gasteiger partial charge < -0.3 is 15.0 Å². The lowest BCUT2D eigenvalue weighted by molar-refractivity contribution is -0.118. The van der Waals surface area contributed by atoms with Gasteiger partial charge in [0.1, 0.15) is 17.1 Å². The second-order valence-corrected chi connectivity index (χ2v) is 6.73. The molecule has 2 amide bonds. The molecule has 0 atom stereocenters. The van der Waals surface area contributed by atoms with Gasteiger partial charge in [0, 0.05) is 13.1 Å². The zero-order chi connectivity index (χ0) is 21.5. The topological polar surface area (TPSA) is 76.5 Å². The molecule has 0 spiro atoms. The number of aryl methyl sites for hydroxylation is 1. The number of para-hydroxylation sites is 2. The number of hydrogen-bond donors (Lipinski definition) is 1. The molecule has 0 aliphatic rings. The van der Waals surface area contributed by atoms with Gasteiger partial charge in [-0.2, -0.15) is 5.10 Å². The number of nitrogens with one attached hydrogen (secondary N) is 1. The van der Waals surface area contributed by atoms with E-state index in [0.29, 0.717) is 30.2 Å². The maximum absolute atomic E-state index is 13.0. The van der Waals surface area contributed by atoms with Crippen molar-refractivity contribution in [3.8, 4) is 11.4 Å². The Morgan fingerprint density at radius 2 is 1.70 bits per heavy atom. The molecule has 30 heavy (non-hydrogen) atoms. The summed E-state index contributed by atoms with van der Waals surface area (Å²) in [7, 11) is 0. The summed E-state index contributed by atoms with van der Waals surface area (Å²) in [6, 6.07) is 16.8. The number of rotatable bonds is 8. The van der Waals surface area contributed by atoms with Crippen LogP contribution in [0.3, 0.4) is 0 Å². The summed E-state index contributed by atoms with van der Waals surface area (Å²) in [6.07, 6.45) is 1.49. The summed E-state index contributed by atoms with van der Waals surface area (Å²) in [5, 5.41) is 7.18. The minimum atomic E-state index is -0.371. The van der Waals surface area contributed by atoms with Crippen LogP contribution in [0.1, 0.15) is 29.8 Å². The Bertz CT molecular complexity index is 1010. The summed E-state index contributed by atoms with van der Waals surface area (Å²) < 4.78 is 7.20. The van der Waals surface area contributed by atoms with E-state index in [2.05, 4.69) is 10.4 Å². The van der Waals surface area contributed by atoms with Gasteiger partial charge in [-0.1, -0.05) is 36.4 Å². The maximum Gasteiger partial charge on any atom is 0.263 e. The standard InChI is InChI=1S/C23H26N4O3/c1-4-26(5-2)23(29)19-15-24-27(18-12-7-6-8-13-18)22(19)25-21(28)16-30-20-14-10-9-11-17(20)3/h6-15H,4-5,16H2,1-3H3,(H,25,28). The highest BCUT2D eigenvalue weighted by atomic mass is 16.5. The lowest BCUT2D eigenvalue weighted by Crippen LogP contribution is -2.31. The molecule has 0 bridgehead atoms. The van der Waals surface area contributed by atoms with Crippen molar-refractivity contribution in [1.29, 1.82) is 0 Å². The molecule has 7 heteroatoms. The molecule has 0 aliphatic carbocycles. The van der Waals surface area contributed by atoms with Crippen LogP contribution in [0.5, 0.6) is 5.75 Å². The van der Waals surface area contributed by atoms with E-state index >= 15 is 0 Å².